The van der Waals surface area contributed by atoms with Gasteiger partial charge in [0.2, 0.25) is 0 Å². The second kappa shape index (κ2) is 3.68. The maximum Gasteiger partial charge on any atom is 0.333 e. The Hall–Kier alpha value is -1.32. The fraction of sp³-hybridized carbons (Fsp3) is 0.636. The molecule has 2 unspecified atom stereocenters. The van der Waals surface area contributed by atoms with Gasteiger partial charge >= 0.3 is 5.97 Å². The van der Waals surface area contributed by atoms with Gasteiger partial charge in [0.25, 0.3) is 0 Å². The lowest BCUT2D eigenvalue weighted by atomic mass is 10.1. The standard InChI is InChI=1S/C11H16O4/c1-6(10(14)15-4)5-7-8(9(12)13)11(7,2)3/h5,7-8H,1-4H3,(H,12,13)/p-1/b6-5+. The molecule has 0 aromatic heterocycles. The first kappa shape index (κ1) is 11.8. The van der Waals surface area contributed by atoms with Gasteiger partial charge in [-0.2, -0.15) is 0 Å². The van der Waals surface area contributed by atoms with Gasteiger partial charge in [0.1, 0.15) is 0 Å². The summed E-state index contributed by atoms with van der Waals surface area (Å²) >= 11 is 0. The molecule has 15 heavy (non-hydrogen) atoms. The zero-order chi connectivity index (χ0) is 11.8. The number of ether oxygens (including phenoxy) is 1. The highest BCUT2D eigenvalue weighted by Gasteiger charge is 2.57. The number of esters is 1. The van der Waals surface area contributed by atoms with Crippen LogP contribution in [0.3, 0.4) is 0 Å². The van der Waals surface area contributed by atoms with Crippen LogP contribution in [0.15, 0.2) is 11.6 Å². The van der Waals surface area contributed by atoms with Crippen molar-refractivity contribution in [1.29, 1.82) is 0 Å². The van der Waals surface area contributed by atoms with Gasteiger partial charge in [0.15, 0.2) is 0 Å². The van der Waals surface area contributed by atoms with E-state index in [1.807, 2.05) is 13.8 Å². The molecule has 0 heterocycles. The normalized spacial score (nSPS) is 28.4. The van der Waals surface area contributed by atoms with Crippen LogP contribution in [0.2, 0.25) is 0 Å². The Labute approximate surface area is 88.9 Å². The molecule has 0 amide bonds. The molecule has 1 saturated carbocycles. The summed E-state index contributed by atoms with van der Waals surface area (Å²) in [4.78, 5) is 21.9. The number of rotatable bonds is 3. The zero-order valence-electron chi connectivity index (χ0n) is 9.37. The van der Waals surface area contributed by atoms with Crippen LogP contribution < -0.4 is 5.11 Å². The number of hydrogen-bond acceptors (Lipinski definition) is 4. The number of carbonyl (C=O) groups excluding carboxylic acids is 2. The number of carboxylic acids is 1. The molecule has 0 saturated heterocycles. The monoisotopic (exact) mass is 211 g/mol. The van der Waals surface area contributed by atoms with Crippen molar-refractivity contribution in [1.82, 2.24) is 0 Å². The van der Waals surface area contributed by atoms with E-state index >= 15 is 0 Å². The van der Waals surface area contributed by atoms with Gasteiger partial charge in [0, 0.05) is 17.5 Å². The van der Waals surface area contributed by atoms with E-state index in [1.165, 1.54) is 7.11 Å². The smallest absolute Gasteiger partial charge is 0.333 e. The molecule has 0 aromatic rings. The number of aliphatic carboxylic acids is 1. The lowest BCUT2D eigenvalue weighted by Crippen LogP contribution is -2.26. The molecular formula is C11H15O4-. The number of allylic oxidation sites excluding steroid dienone is 1. The molecule has 1 aliphatic rings. The van der Waals surface area contributed by atoms with Crippen LogP contribution in [0, 0.1) is 17.3 Å². The third-order valence-electron chi connectivity index (χ3n) is 3.10. The maximum absolute atomic E-state index is 11.1. The lowest BCUT2D eigenvalue weighted by molar-refractivity contribution is -0.309. The van der Waals surface area contributed by atoms with E-state index in [-0.39, 0.29) is 11.3 Å². The Morgan fingerprint density at radius 3 is 2.27 bits per heavy atom. The average molecular weight is 211 g/mol. The molecular weight excluding hydrogens is 196 g/mol. The molecule has 0 N–H and O–H groups in total. The van der Waals surface area contributed by atoms with E-state index in [2.05, 4.69) is 4.74 Å². The van der Waals surface area contributed by atoms with Crippen LogP contribution in [0.4, 0.5) is 0 Å². The molecule has 0 radical (unpaired) electrons. The third kappa shape index (κ3) is 2.03. The van der Waals surface area contributed by atoms with Gasteiger partial charge in [-0.3, -0.25) is 0 Å². The van der Waals surface area contributed by atoms with E-state index < -0.39 is 17.9 Å². The van der Waals surface area contributed by atoms with Gasteiger partial charge in [-0.1, -0.05) is 19.9 Å². The van der Waals surface area contributed by atoms with Crippen LogP contribution in [-0.2, 0) is 14.3 Å². The Morgan fingerprint density at radius 1 is 1.40 bits per heavy atom. The summed E-state index contributed by atoms with van der Waals surface area (Å²) in [5.41, 5.74) is 0.119. The first-order valence-electron chi connectivity index (χ1n) is 4.80. The fourth-order valence-electron chi connectivity index (χ4n) is 1.94. The van der Waals surface area contributed by atoms with Gasteiger partial charge < -0.3 is 14.6 Å². The maximum atomic E-state index is 11.1. The Balaban J connectivity index is 2.78. The summed E-state index contributed by atoms with van der Waals surface area (Å²) in [6.07, 6.45) is 1.66. The number of hydrogen-bond donors (Lipinski definition) is 0. The summed E-state index contributed by atoms with van der Waals surface area (Å²) in [6, 6.07) is 0. The molecule has 84 valence electrons. The van der Waals surface area contributed by atoms with Crippen LogP contribution in [0.25, 0.3) is 0 Å². The van der Waals surface area contributed by atoms with E-state index in [1.54, 1.807) is 13.0 Å². The molecule has 1 fully saturated rings. The molecule has 0 bridgehead atoms. The van der Waals surface area contributed by atoms with Crippen LogP contribution >= 0.6 is 0 Å². The van der Waals surface area contributed by atoms with Crippen molar-refractivity contribution < 1.29 is 19.4 Å². The highest BCUT2D eigenvalue weighted by molar-refractivity contribution is 5.88. The quantitative estimate of drug-likeness (QED) is 0.491. The van der Waals surface area contributed by atoms with E-state index in [4.69, 9.17) is 0 Å². The molecule has 4 heteroatoms. The minimum atomic E-state index is -1.06. The first-order valence-corrected chi connectivity index (χ1v) is 4.80. The SMILES string of the molecule is COC(=O)/C(C)=C/C1C(C(=O)[O-])C1(C)C. The van der Waals surface area contributed by atoms with Crippen molar-refractivity contribution >= 4 is 11.9 Å². The van der Waals surface area contributed by atoms with Gasteiger partial charge in [-0.05, 0) is 18.3 Å². The van der Waals surface area contributed by atoms with E-state index in [0.29, 0.717) is 5.57 Å². The molecule has 4 nitrogen and oxygen atoms in total. The summed E-state index contributed by atoms with van der Waals surface area (Å²) in [6.45, 7) is 5.31. The molecule has 2 atom stereocenters. The highest BCUT2D eigenvalue weighted by atomic mass is 16.5. The predicted molar refractivity (Wildman–Crippen MR) is 51.5 cm³/mol. The average Bonchev–Trinajstić information content (AvgIpc) is 2.66. The topological polar surface area (TPSA) is 66.4 Å². The highest BCUT2D eigenvalue weighted by Crippen LogP contribution is 2.58. The van der Waals surface area contributed by atoms with Gasteiger partial charge in [-0.25, -0.2) is 4.79 Å². The molecule has 1 rings (SSSR count). The van der Waals surface area contributed by atoms with Crippen molar-refractivity contribution in [3.05, 3.63) is 11.6 Å². The van der Waals surface area contributed by atoms with Crippen LogP contribution in [-0.4, -0.2) is 19.0 Å². The summed E-state index contributed by atoms with van der Waals surface area (Å²) in [5, 5.41) is 10.8. The largest absolute Gasteiger partial charge is 0.550 e. The summed E-state index contributed by atoms with van der Waals surface area (Å²) < 4.78 is 4.53. The molecule has 0 aliphatic heterocycles. The van der Waals surface area contributed by atoms with Gasteiger partial charge in [-0.15, -0.1) is 0 Å². The molecule has 1 aliphatic carbocycles. The second-order valence-electron chi connectivity index (χ2n) is 4.49. The zero-order valence-corrected chi connectivity index (χ0v) is 9.37. The molecule has 0 spiro atoms. The predicted octanol–water partition coefficient (Wildman–Crippen LogP) is 0.128. The Bertz CT molecular complexity index is 327. The number of carboxylic acid groups (broad SMARTS) is 1. The van der Waals surface area contributed by atoms with E-state index in [9.17, 15) is 14.7 Å². The molecule has 0 aromatic carbocycles. The van der Waals surface area contributed by atoms with Crippen LogP contribution in [0.1, 0.15) is 20.8 Å². The number of carbonyl (C=O) groups is 2. The van der Waals surface area contributed by atoms with Crippen molar-refractivity contribution in [2.24, 2.45) is 17.3 Å². The fourth-order valence-corrected chi connectivity index (χ4v) is 1.94. The first-order chi connectivity index (χ1) is 6.82. The minimum Gasteiger partial charge on any atom is -0.550 e. The third-order valence-corrected chi connectivity index (χ3v) is 3.10. The van der Waals surface area contributed by atoms with Crippen molar-refractivity contribution in [2.75, 3.05) is 7.11 Å². The summed E-state index contributed by atoms with van der Waals surface area (Å²) in [5.74, 6) is -2.12. The summed E-state index contributed by atoms with van der Waals surface area (Å²) in [7, 11) is 1.30. The minimum absolute atomic E-state index is 0.137. The van der Waals surface area contributed by atoms with Gasteiger partial charge in [0.05, 0.1) is 7.11 Å². The van der Waals surface area contributed by atoms with Crippen molar-refractivity contribution in [3.63, 3.8) is 0 Å². The van der Waals surface area contributed by atoms with E-state index in [0.717, 1.165) is 0 Å². The van der Waals surface area contributed by atoms with Crippen LogP contribution in [0.5, 0.6) is 0 Å². The van der Waals surface area contributed by atoms with Crippen molar-refractivity contribution in [3.8, 4) is 0 Å². The van der Waals surface area contributed by atoms with Crippen molar-refractivity contribution in [2.45, 2.75) is 20.8 Å². The Kier molecular flexibility index (Phi) is 2.88. The lowest BCUT2D eigenvalue weighted by Gasteiger charge is -2.01. The number of methoxy groups -OCH3 is 1. The second-order valence-corrected chi connectivity index (χ2v) is 4.49. The Morgan fingerprint density at radius 2 is 1.93 bits per heavy atom.